The van der Waals surface area contributed by atoms with Crippen molar-refractivity contribution >= 4 is 23.5 Å². The number of rotatable bonds is 7. The Morgan fingerprint density at radius 1 is 1.00 bits per heavy atom. The first-order chi connectivity index (χ1) is 12.2. The van der Waals surface area contributed by atoms with Crippen molar-refractivity contribution in [2.45, 2.75) is 13.0 Å². The quantitative estimate of drug-likeness (QED) is 0.526. The van der Waals surface area contributed by atoms with Crippen molar-refractivity contribution in [3.05, 3.63) is 70.7 Å². The van der Waals surface area contributed by atoms with Crippen molar-refractivity contribution in [1.82, 2.24) is 16.0 Å². The van der Waals surface area contributed by atoms with Gasteiger partial charge in [0, 0.05) is 25.2 Å². The third-order valence-electron chi connectivity index (χ3n) is 3.62. The lowest BCUT2D eigenvalue weighted by Crippen LogP contribution is -2.43. The Morgan fingerprint density at radius 3 is 2.44 bits per heavy atom. The molecule has 6 heteroatoms. The van der Waals surface area contributed by atoms with Crippen molar-refractivity contribution < 1.29 is 4.79 Å². The van der Waals surface area contributed by atoms with Crippen molar-refractivity contribution in [3.8, 4) is 0 Å². The molecule has 0 unspecified atom stereocenters. The van der Waals surface area contributed by atoms with Crippen molar-refractivity contribution in [1.29, 1.82) is 0 Å². The Labute approximate surface area is 153 Å². The summed E-state index contributed by atoms with van der Waals surface area (Å²) in [5, 5.41) is 9.80. The first kappa shape index (κ1) is 18.8. The topological polar surface area (TPSA) is 65.5 Å². The van der Waals surface area contributed by atoms with Crippen LogP contribution in [0.25, 0.3) is 0 Å². The Hall–Kier alpha value is -2.53. The molecular formula is C19H23ClN4O. The van der Waals surface area contributed by atoms with Crippen molar-refractivity contribution in [2.75, 3.05) is 20.1 Å². The Bertz CT molecular complexity index is 704. The molecule has 5 nitrogen and oxygen atoms in total. The van der Waals surface area contributed by atoms with E-state index in [1.165, 1.54) is 0 Å². The molecule has 0 radical (unpaired) electrons. The Balaban J connectivity index is 1.67. The van der Waals surface area contributed by atoms with Crippen LogP contribution in [0.3, 0.4) is 0 Å². The highest BCUT2D eigenvalue weighted by atomic mass is 35.5. The molecule has 0 bridgehead atoms. The highest BCUT2D eigenvalue weighted by Crippen LogP contribution is 2.14. The minimum absolute atomic E-state index is 0.0853. The summed E-state index contributed by atoms with van der Waals surface area (Å²) in [7, 11) is 1.67. The average molecular weight is 359 g/mol. The minimum Gasteiger partial charge on any atom is -0.356 e. The van der Waals surface area contributed by atoms with Gasteiger partial charge in [-0.15, -0.1) is 0 Å². The molecule has 0 spiro atoms. The van der Waals surface area contributed by atoms with Crippen LogP contribution in [0.2, 0.25) is 5.02 Å². The lowest BCUT2D eigenvalue weighted by molar-refractivity contribution is -0.120. The normalized spacial score (nSPS) is 11.0. The molecule has 0 aliphatic rings. The molecule has 0 saturated carbocycles. The maximum atomic E-state index is 11.9. The molecule has 0 heterocycles. The SMILES string of the molecule is CN=C(NCCc1ccccc1Cl)NCC(=O)NCc1ccccc1. The van der Waals surface area contributed by atoms with Gasteiger partial charge in [-0.25, -0.2) is 0 Å². The number of guanidine groups is 1. The van der Waals surface area contributed by atoms with Gasteiger partial charge in [-0.2, -0.15) is 0 Å². The van der Waals surface area contributed by atoms with E-state index in [9.17, 15) is 4.79 Å². The summed E-state index contributed by atoms with van der Waals surface area (Å²) < 4.78 is 0. The van der Waals surface area contributed by atoms with E-state index in [-0.39, 0.29) is 12.5 Å². The third kappa shape index (κ3) is 6.85. The molecule has 0 aliphatic heterocycles. The molecule has 0 aliphatic carbocycles. The van der Waals surface area contributed by atoms with Crippen LogP contribution in [0, 0.1) is 0 Å². The van der Waals surface area contributed by atoms with Gasteiger partial charge >= 0.3 is 0 Å². The summed E-state index contributed by atoms with van der Waals surface area (Å²) >= 11 is 6.13. The van der Waals surface area contributed by atoms with Crippen LogP contribution >= 0.6 is 11.6 Å². The van der Waals surface area contributed by atoms with Gasteiger partial charge in [0.05, 0.1) is 6.54 Å². The van der Waals surface area contributed by atoms with E-state index in [4.69, 9.17) is 11.6 Å². The van der Waals surface area contributed by atoms with E-state index in [0.29, 0.717) is 19.0 Å². The van der Waals surface area contributed by atoms with Crippen molar-refractivity contribution in [3.63, 3.8) is 0 Å². The lowest BCUT2D eigenvalue weighted by Gasteiger charge is -2.12. The molecule has 0 aromatic heterocycles. The number of benzene rings is 2. The summed E-state index contributed by atoms with van der Waals surface area (Å²) in [6.45, 7) is 1.35. The van der Waals surface area contributed by atoms with Crippen LogP contribution in [-0.4, -0.2) is 32.0 Å². The molecule has 0 saturated heterocycles. The molecule has 132 valence electrons. The number of carbonyl (C=O) groups is 1. The summed E-state index contributed by atoms with van der Waals surface area (Å²) in [5.74, 6) is 0.500. The van der Waals surface area contributed by atoms with Crippen LogP contribution < -0.4 is 16.0 Å². The summed E-state index contributed by atoms with van der Waals surface area (Å²) in [4.78, 5) is 16.0. The van der Waals surface area contributed by atoms with Crippen LogP contribution in [0.15, 0.2) is 59.6 Å². The first-order valence-corrected chi connectivity index (χ1v) is 8.55. The zero-order chi connectivity index (χ0) is 17.9. The number of nitrogens with zero attached hydrogens (tertiary/aromatic N) is 1. The van der Waals surface area contributed by atoms with E-state index in [1.54, 1.807) is 7.05 Å². The molecule has 0 fully saturated rings. The second-order valence-corrected chi connectivity index (χ2v) is 5.86. The number of hydrogen-bond acceptors (Lipinski definition) is 2. The largest absolute Gasteiger partial charge is 0.356 e. The van der Waals surface area contributed by atoms with Gasteiger partial charge in [-0.1, -0.05) is 60.1 Å². The smallest absolute Gasteiger partial charge is 0.239 e. The van der Waals surface area contributed by atoms with Crippen LogP contribution in [-0.2, 0) is 17.8 Å². The van der Waals surface area contributed by atoms with E-state index in [2.05, 4.69) is 20.9 Å². The second-order valence-electron chi connectivity index (χ2n) is 5.46. The number of carbonyl (C=O) groups excluding carboxylic acids is 1. The molecule has 2 aromatic carbocycles. The van der Waals surface area contributed by atoms with Gasteiger partial charge in [0.2, 0.25) is 5.91 Å². The van der Waals surface area contributed by atoms with Gasteiger partial charge in [-0.05, 0) is 23.6 Å². The number of halogens is 1. The Morgan fingerprint density at radius 2 is 1.72 bits per heavy atom. The predicted octanol–water partition coefficient (Wildman–Crippen LogP) is 2.36. The zero-order valence-corrected chi connectivity index (χ0v) is 15.0. The molecule has 0 atom stereocenters. The van der Waals surface area contributed by atoms with E-state index >= 15 is 0 Å². The van der Waals surface area contributed by atoms with Crippen LogP contribution in [0.1, 0.15) is 11.1 Å². The Kier molecular flexibility index (Phi) is 7.79. The second kappa shape index (κ2) is 10.4. The average Bonchev–Trinajstić information content (AvgIpc) is 2.65. The van der Waals surface area contributed by atoms with Gasteiger partial charge in [-0.3, -0.25) is 9.79 Å². The molecular weight excluding hydrogens is 336 g/mol. The number of hydrogen-bond donors (Lipinski definition) is 3. The van der Waals surface area contributed by atoms with Crippen molar-refractivity contribution in [2.24, 2.45) is 4.99 Å². The molecule has 25 heavy (non-hydrogen) atoms. The zero-order valence-electron chi connectivity index (χ0n) is 14.3. The fraction of sp³-hybridized carbons (Fsp3) is 0.263. The summed E-state index contributed by atoms with van der Waals surface area (Å²) in [6, 6.07) is 17.5. The first-order valence-electron chi connectivity index (χ1n) is 8.17. The number of amides is 1. The lowest BCUT2D eigenvalue weighted by atomic mass is 10.1. The third-order valence-corrected chi connectivity index (χ3v) is 3.99. The summed E-state index contributed by atoms with van der Waals surface area (Å²) in [5.41, 5.74) is 2.14. The highest BCUT2D eigenvalue weighted by molar-refractivity contribution is 6.31. The van der Waals surface area contributed by atoms with E-state index in [0.717, 1.165) is 22.6 Å². The highest BCUT2D eigenvalue weighted by Gasteiger charge is 2.04. The van der Waals surface area contributed by atoms with Crippen LogP contribution in [0.4, 0.5) is 0 Å². The monoisotopic (exact) mass is 358 g/mol. The molecule has 3 N–H and O–H groups in total. The predicted molar refractivity (Wildman–Crippen MR) is 103 cm³/mol. The fourth-order valence-corrected chi connectivity index (χ4v) is 2.49. The maximum absolute atomic E-state index is 11.9. The van der Waals surface area contributed by atoms with Crippen LogP contribution in [0.5, 0.6) is 0 Å². The standard InChI is InChI=1S/C19H23ClN4O/c1-21-19(22-12-11-16-9-5-6-10-17(16)20)24-14-18(25)23-13-15-7-3-2-4-8-15/h2-10H,11-14H2,1H3,(H,23,25)(H2,21,22,24). The van der Waals surface area contributed by atoms with E-state index < -0.39 is 0 Å². The van der Waals surface area contributed by atoms with E-state index in [1.807, 2.05) is 54.6 Å². The van der Waals surface area contributed by atoms with Gasteiger partial charge < -0.3 is 16.0 Å². The molecule has 2 rings (SSSR count). The maximum Gasteiger partial charge on any atom is 0.239 e. The summed E-state index contributed by atoms with van der Waals surface area (Å²) in [6.07, 6.45) is 0.778. The molecule has 2 aromatic rings. The van der Waals surface area contributed by atoms with Gasteiger partial charge in [0.25, 0.3) is 0 Å². The van der Waals surface area contributed by atoms with Gasteiger partial charge in [0.1, 0.15) is 0 Å². The van der Waals surface area contributed by atoms with Gasteiger partial charge in [0.15, 0.2) is 5.96 Å². The molecule has 1 amide bonds. The number of aliphatic imine (C=N–C) groups is 1. The number of nitrogens with one attached hydrogen (secondary N) is 3. The fourth-order valence-electron chi connectivity index (χ4n) is 2.26. The minimum atomic E-state index is -0.0853.